The first-order valence-corrected chi connectivity index (χ1v) is 6.78. The van der Waals surface area contributed by atoms with Gasteiger partial charge < -0.3 is 14.8 Å². The Morgan fingerprint density at radius 1 is 0.762 bits per heavy atom. The molecule has 0 fully saturated rings. The Hall–Kier alpha value is -2.94. The highest BCUT2D eigenvalue weighted by Crippen LogP contribution is 2.39. The second kappa shape index (κ2) is 4.56. The maximum Gasteiger partial charge on any atom is 0.233 e. The van der Waals surface area contributed by atoms with Crippen molar-refractivity contribution in [3.05, 3.63) is 66.7 Å². The molecule has 0 aliphatic heterocycles. The first-order valence-electron chi connectivity index (χ1n) is 6.78. The zero-order valence-electron chi connectivity index (χ0n) is 11.2. The van der Waals surface area contributed by atoms with E-state index in [9.17, 15) is 5.11 Å². The van der Waals surface area contributed by atoms with Gasteiger partial charge in [-0.15, -0.1) is 0 Å². The Balaban J connectivity index is 1.89. The lowest BCUT2D eigenvalue weighted by Crippen LogP contribution is -1.85. The summed E-state index contributed by atoms with van der Waals surface area (Å²) in [5.74, 6) is 1.24. The zero-order valence-corrected chi connectivity index (χ0v) is 11.2. The number of hydrogen-bond donors (Lipinski definition) is 2. The fourth-order valence-electron chi connectivity index (χ4n) is 2.60. The number of H-pyrrole nitrogens is 1. The smallest absolute Gasteiger partial charge is 0.233 e. The van der Waals surface area contributed by atoms with Crippen molar-refractivity contribution in [3.63, 3.8) is 0 Å². The summed E-state index contributed by atoms with van der Waals surface area (Å²) in [5, 5.41) is 13.1. The second-order valence-electron chi connectivity index (χ2n) is 4.93. The Labute approximate surface area is 121 Å². The number of aromatic nitrogens is 1. The van der Waals surface area contributed by atoms with Gasteiger partial charge >= 0.3 is 0 Å². The number of fused-ring (bicyclic) bond motifs is 2. The van der Waals surface area contributed by atoms with Gasteiger partial charge in [0.1, 0.15) is 5.75 Å². The van der Waals surface area contributed by atoms with Crippen molar-refractivity contribution in [2.45, 2.75) is 0 Å². The molecule has 102 valence electrons. The minimum Gasteiger partial charge on any atom is -0.492 e. The second-order valence-corrected chi connectivity index (χ2v) is 4.93. The van der Waals surface area contributed by atoms with E-state index in [2.05, 4.69) is 4.98 Å². The van der Waals surface area contributed by atoms with Crippen LogP contribution in [0.5, 0.6) is 17.4 Å². The van der Waals surface area contributed by atoms with Crippen molar-refractivity contribution < 1.29 is 9.84 Å². The van der Waals surface area contributed by atoms with Gasteiger partial charge in [-0.05, 0) is 23.6 Å². The van der Waals surface area contributed by atoms with Crippen LogP contribution in [0.2, 0.25) is 0 Å². The Bertz CT molecular complexity index is 935. The SMILES string of the molecule is Oc1[nH]c2ccccc2c1Oc1cccc2ccccc12. The first-order chi connectivity index (χ1) is 10.3. The van der Waals surface area contributed by atoms with Crippen LogP contribution in [0.25, 0.3) is 21.7 Å². The third kappa shape index (κ3) is 1.91. The number of rotatable bonds is 2. The lowest BCUT2D eigenvalue weighted by atomic mass is 10.1. The van der Waals surface area contributed by atoms with Gasteiger partial charge in [0.15, 0.2) is 5.75 Å². The van der Waals surface area contributed by atoms with Crippen LogP contribution in [0, 0.1) is 0 Å². The van der Waals surface area contributed by atoms with Crippen molar-refractivity contribution in [1.82, 2.24) is 4.98 Å². The quantitative estimate of drug-likeness (QED) is 0.551. The molecule has 1 aromatic heterocycles. The highest BCUT2D eigenvalue weighted by atomic mass is 16.5. The zero-order chi connectivity index (χ0) is 14.2. The van der Waals surface area contributed by atoms with E-state index in [-0.39, 0.29) is 5.88 Å². The summed E-state index contributed by atoms with van der Waals surface area (Å²) in [6.07, 6.45) is 0. The third-order valence-electron chi connectivity index (χ3n) is 3.60. The van der Waals surface area contributed by atoms with E-state index in [0.717, 1.165) is 27.4 Å². The molecule has 0 aliphatic rings. The number of aromatic hydroxyl groups is 1. The molecule has 0 saturated heterocycles. The summed E-state index contributed by atoms with van der Waals surface area (Å²) in [4.78, 5) is 2.93. The van der Waals surface area contributed by atoms with Crippen LogP contribution in [-0.2, 0) is 0 Å². The molecule has 0 unspecified atom stereocenters. The largest absolute Gasteiger partial charge is 0.492 e. The topological polar surface area (TPSA) is 45.2 Å². The summed E-state index contributed by atoms with van der Waals surface area (Å²) < 4.78 is 5.99. The monoisotopic (exact) mass is 275 g/mol. The summed E-state index contributed by atoms with van der Waals surface area (Å²) in [5.41, 5.74) is 0.852. The van der Waals surface area contributed by atoms with E-state index in [1.807, 2.05) is 66.7 Å². The number of aromatic amines is 1. The number of ether oxygens (including phenoxy) is 1. The average molecular weight is 275 g/mol. The number of hydrogen-bond acceptors (Lipinski definition) is 2. The fourth-order valence-corrected chi connectivity index (χ4v) is 2.60. The van der Waals surface area contributed by atoms with Gasteiger partial charge in [0.2, 0.25) is 5.88 Å². The standard InChI is InChI=1S/C18H13NO2/c20-18-17(14-9-3-4-10-15(14)19-18)21-16-11-5-7-12-6-1-2-8-13(12)16/h1-11,19-20H. The molecule has 0 atom stereocenters. The van der Waals surface area contributed by atoms with Crippen LogP contribution >= 0.6 is 0 Å². The normalized spacial score (nSPS) is 11.0. The maximum atomic E-state index is 10.1. The first kappa shape index (κ1) is 11.9. The predicted molar refractivity (Wildman–Crippen MR) is 84.0 cm³/mol. The minimum atomic E-state index is 0.0455. The molecule has 0 spiro atoms. The molecule has 3 nitrogen and oxygen atoms in total. The van der Waals surface area contributed by atoms with Gasteiger partial charge in [0.05, 0.1) is 5.52 Å². The van der Waals surface area contributed by atoms with Gasteiger partial charge in [0, 0.05) is 10.8 Å². The molecule has 1 heterocycles. The molecule has 21 heavy (non-hydrogen) atoms. The molecule has 4 rings (SSSR count). The van der Waals surface area contributed by atoms with E-state index >= 15 is 0 Å². The maximum absolute atomic E-state index is 10.1. The van der Waals surface area contributed by atoms with E-state index in [0.29, 0.717) is 5.75 Å². The van der Waals surface area contributed by atoms with Crippen molar-refractivity contribution in [2.24, 2.45) is 0 Å². The summed E-state index contributed by atoms with van der Waals surface area (Å²) in [6, 6.07) is 21.6. The summed E-state index contributed by atoms with van der Waals surface area (Å²) >= 11 is 0. The predicted octanol–water partition coefficient (Wildman–Crippen LogP) is 4.82. The molecule has 0 saturated carbocycles. The number of benzene rings is 3. The van der Waals surface area contributed by atoms with E-state index in [4.69, 9.17) is 4.74 Å². The van der Waals surface area contributed by atoms with Crippen LogP contribution < -0.4 is 4.74 Å². The van der Waals surface area contributed by atoms with Crippen LogP contribution in [0.4, 0.5) is 0 Å². The van der Waals surface area contributed by atoms with Crippen LogP contribution in [0.1, 0.15) is 0 Å². The summed E-state index contributed by atoms with van der Waals surface area (Å²) in [6.45, 7) is 0. The highest BCUT2D eigenvalue weighted by molar-refractivity contribution is 5.92. The highest BCUT2D eigenvalue weighted by Gasteiger charge is 2.13. The molecule has 2 N–H and O–H groups in total. The van der Waals surface area contributed by atoms with E-state index in [1.54, 1.807) is 0 Å². The lowest BCUT2D eigenvalue weighted by Gasteiger charge is -2.08. The van der Waals surface area contributed by atoms with Gasteiger partial charge in [-0.3, -0.25) is 0 Å². The van der Waals surface area contributed by atoms with Crippen molar-refractivity contribution in [3.8, 4) is 17.4 Å². The van der Waals surface area contributed by atoms with Crippen LogP contribution in [0.3, 0.4) is 0 Å². The molecular formula is C18H13NO2. The Morgan fingerprint density at radius 2 is 1.48 bits per heavy atom. The lowest BCUT2D eigenvalue weighted by molar-refractivity contribution is 0.407. The van der Waals surface area contributed by atoms with E-state index in [1.165, 1.54) is 0 Å². The minimum absolute atomic E-state index is 0.0455. The van der Waals surface area contributed by atoms with Crippen molar-refractivity contribution >= 4 is 21.7 Å². The van der Waals surface area contributed by atoms with Gasteiger partial charge in [-0.25, -0.2) is 0 Å². The van der Waals surface area contributed by atoms with E-state index < -0.39 is 0 Å². The van der Waals surface area contributed by atoms with Crippen LogP contribution in [-0.4, -0.2) is 10.1 Å². The van der Waals surface area contributed by atoms with Gasteiger partial charge in [-0.2, -0.15) is 0 Å². The Morgan fingerprint density at radius 3 is 2.38 bits per heavy atom. The van der Waals surface area contributed by atoms with Gasteiger partial charge in [0.25, 0.3) is 0 Å². The molecule has 0 aliphatic carbocycles. The molecule has 3 aromatic carbocycles. The molecule has 0 amide bonds. The average Bonchev–Trinajstić information content (AvgIpc) is 2.84. The number of nitrogens with one attached hydrogen (secondary N) is 1. The molecular weight excluding hydrogens is 262 g/mol. The van der Waals surface area contributed by atoms with Crippen molar-refractivity contribution in [2.75, 3.05) is 0 Å². The van der Waals surface area contributed by atoms with Crippen molar-refractivity contribution in [1.29, 1.82) is 0 Å². The number of para-hydroxylation sites is 1. The van der Waals surface area contributed by atoms with Crippen LogP contribution in [0.15, 0.2) is 66.7 Å². The Kier molecular flexibility index (Phi) is 2.57. The molecule has 4 aromatic rings. The van der Waals surface area contributed by atoms with Gasteiger partial charge in [-0.1, -0.05) is 48.5 Å². The third-order valence-corrected chi connectivity index (χ3v) is 3.60. The summed E-state index contributed by atoms with van der Waals surface area (Å²) in [7, 11) is 0. The molecule has 0 bridgehead atoms. The molecule has 0 radical (unpaired) electrons. The fraction of sp³-hybridized carbons (Fsp3) is 0. The molecule has 3 heteroatoms.